The fourth-order valence-corrected chi connectivity index (χ4v) is 3.74. The van der Waals surface area contributed by atoms with E-state index in [2.05, 4.69) is 21.6 Å². The molecule has 4 rings (SSSR count). The Labute approximate surface area is 183 Å². The second-order valence-electron chi connectivity index (χ2n) is 6.65. The van der Waals surface area contributed by atoms with Gasteiger partial charge in [-0.2, -0.15) is 5.26 Å². The summed E-state index contributed by atoms with van der Waals surface area (Å²) in [6, 6.07) is 28.8. The fraction of sp³-hybridized carbons (Fsp3) is 0.0833. The second kappa shape index (κ2) is 9.74. The van der Waals surface area contributed by atoms with Gasteiger partial charge in [-0.25, -0.2) is 0 Å². The van der Waals surface area contributed by atoms with Crippen LogP contribution < -0.4 is 5.32 Å². The van der Waals surface area contributed by atoms with Gasteiger partial charge in [-0.15, -0.1) is 10.2 Å². The van der Waals surface area contributed by atoms with Gasteiger partial charge in [0.25, 0.3) is 5.22 Å². The van der Waals surface area contributed by atoms with E-state index in [9.17, 15) is 4.79 Å². The van der Waals surface area contributed by atoms with E-state index in [4.69, 9.17) is 9.68 Å². The molecule has 0 fully saturated rings. The van der Waals surface area contributed by atoms with E-state index >= 15 is 0 Å². The Balaban J connectivity index is 1.48. The third-order valence-corrected chi connectivity index (χ3v) is 5.40. The van der Waals surface area contributed by atoms with Crippen molar-refractivity contribution in [2.75, 3.05) is 11.1 Å². The Kier molecular flexibility index (Phi) is 6.41. The SMILES string of the molecule is N#Cc1ccccc1NC(=O)CSc1nnc(C(c2ccccc2)c2ccccc2)o1. The van der Waals surface area contributed by atoms with Crippen LogP contribution in [-0.4, -0.2) is 21.9 Å². The Morgan fingerprint density at radius 3 is 2.19 bits per heavy atom. The lowest BCUT2D eigenvalue weighted by molar-refractivity contribution is -0.113. The van der Waals surface area contributed by atoms with Crippen LogP contribution in [0.5, 0.6) is 0 Å². The molecule has 152 valence electrons. The summed E-state index contributed by atoms with van der Waals surface area (Å²) in [4.78, 5) is 12.3. The fourth-order valence-electron chi connectivity index (χ4n) is 3.17. The maximum absolute atomic E-state index is 12.3. The van der Waals surface area contributed by atoms with Crippen LogP contribution in [0.1, 0.15) is 28.5 Å². The van der Waals surface area contributed by atoms with Crippen molar-refractivity contribution in [3.63, 3.8) is 0 Å². The minimum absolute atomic E-state index is 0.0860. The van der Waals surface area contributed by atoms with Gasteiger partial charge in [-0.05, 0) is 23.3 Å². The largest absolute Gasteiger partial charge is 0.415 e. The molecule has 1 amide bonds. The van der Waals surface area contributed by atoms with Gasteiger partial charge in [0.05, 0.1) is 22.9 Å². The maximum atomic E-state index is 12.3. The summed E-state index contributed by atoms with van der Waals surface area (Å²) in [5.74, 6) is 0.105. The first-order chi connectivity index (χ1) is 15.2. The summed E-state index contributed by atoms with van der Waals surface area (Å²) in [6.07, 6.45) is 0. The molecule has 0 aliphatic rings. The zero-order valence-electron chi connectivity index (χ0n) is 16.4. The molecule has 0 unspecified atom stereocenters. The lowest BCUT2D eigenvalue weighted by Crippen LogP contribution is -2.14. The number of rotatable bonds is 7. The molecule has 1 N–H and O–H groups in total. The summed E-state index contributed by atoms with van der Waals surface area (Å²) in [5.41, 5.74) is 2.98. The summed E-state index contributed by atoms with van der Waals surface area (Å²) in [6.45, 7) is 0. The minimum atomic E-state index is -0.255. The van der Waals surface area contributed by atoms with E-state index in [0.717, 1.165) is 22.9 Å². The zero-order valence-corrected chi connectivity index (χ0v) is 17.3. The van der Waals surface area contributed by atoms with Crippen molar-refractivity contribution in [3.05, 3.63) is 108 Å². The molecule has 3 aromatic carbocycles. The number of hydrogen-bond donors (Lipinski definition) is 1. The number of benzene rings is 3. The van der Waals surface area contributed by atoms with E-state index in [0.29, 0.717) is 22.4 Å². The average Bonchev–Trinajstić information content (AvgIpc) is 3.28. The van der Waals surface area contributed by atoms with Gasteiger partial charge in [-0.3, -0.25) is 4.79 Å². The molecule has 0 saturated carbocycles. The number of thioether (sulfide) groups is 1. The van der Waals surface area contributed by atoms with Crippen LogP contribution in [0.4, 0.5) is 5.69 Å². The molecule has 0 radical (unpaired) electrons. The van der Waals surface area contributed by atoms with Crippen LogP contribution in [0.2, 0.25) is 0 Å². The van der Waals surface area contributed by atoms with Crippen molar-refractivity contribution in [3.8, 4) is 6.07 Å². The highest BCUT2D eigenvalue weighted by Crippen LogP contribution is 2.32. The van der Waals surface area contributed by atoms with Gasteiger partial charge in [0.1, 0.15) is 6.07 Å². The highest BCUT2D eigenvalue weighted by atomic mass is 32.2. The topological polar surface area (TPSA) is 91.8 Å². The molecule has 0 bridgehead atoms. The Morgan fingerprint density at radius 2 is 1.55 bits per heavy atom. The van der Waals surface area contributed by atoms with Crippen molar-refractivity contribution < 1.29 is 9.21 Å². The number of carbonyl (C=O) groups is 1. The van der Waals surface area contributed by atoms with Gasteiger partial charge in [0.15, 0.2) is 0 Å². The first-order valence-electron chi connectivity index (χ1n) is 9.59. The van der Waals surface area contributed by atoms with Gasteiger partial charge in [0.2, 0.25) is 11.8 Å². The van der Waals surface area contributed by atoms with E-state index in [1.54, 1.807) is 24.3 Å². The van der Waals surface area contributed by atoms with Gasteiger partial charge in [0, 0.05) is 0 Å². The number of carbonyl (C=O) groups excluding carboxylic acids is 1. The molecule has 0 aliphatic heterocycles. The minimum Gasteiger partial charge on any atom is -0.415 e. The van der Waals surface area contributed by atoms with Crippen molar-refractivity contribution >= 4 is 23.4 Å². The molecule has 1 heterocycles. The number of nitriles is 1. The van der Waals surface area contributed by atoms with E-state index < -0.39 is 0 Å². The van der Waals surface area contributed by atoms with Crippen LogP contribution >= 0.6 is 11.8 Å². The lowest BCUT2D eigenvalue weighted by Gasteiger charge is -2.13. The van der Waals surface area contributed by atoms with Crippen molar-refractivity contribution in [2.45, 2.75) is 11.1 Å². The molecule has 0 aliphatic carbocycles. The third-order valence-electron chi connectivity index (χ3n) is 4.58. The smallest absolute Gasteiger partial charge is 0.277 e. The first-order valence-corrected chi connectivity index (χ1v) is 10.6. The molecule has 0 saturated heterocycles. The molecular formula is C24H18N4O2S. The van der Waals surface area contributed by atoms with E-state index in [-0.39, 0.29) is 17.6 Å². The normalized spacial score (nSPS) is 10.6. The monoisotopic (exact) mass is 426 g/mol. The number of aromatic nitrogens is 2. The van der Waals surface area contributed by atoms with Crippen LogP contribution in [-0.2, 0) is 4.79 Å². The molecule has 0 atom stereocenters. The highest BCUT2D eigenvalue weighted by molar-refractivity contribution is 7.99. The molecule has 0 spiro atoms. The molecule has 4 aromatic rings. The maximum Gasteiger partial charge on any atom is 0.277 e. The van der Waals surface area contributed by atoms with Crippen molar-refractivity contribution in [2.24, 2.45) is 0 Å². The first kappa shape index (κ1) is 20.4. The quantitative estimate of drug-likeness (QED) is 0.425. The standard InChI is InChI=1S/C24H18N4O2S/c25-15-19-13-7-8-14-20(19)26-21(29)16-31-24-28-27-23(30-24)22(17-9-3-1-4-10-17)18-11-5-2-6-12-18/h1-14,22H,16H2,(H,26,29). The Hall–Kier alpha value is -3.89. The van der Waals surface area contributed by atoms with Crippen LogP contribution in [0.3, 0.4) is 0 Å². The summed E-state index contributed by atoms with van der Waals surface area (Å²) >= 11 is 1.15. The predicted octanol–water partition coefficient (Wildman–Crippen LogP) is 4.85. The molecular weight excluding hydrogens is 408 g/mol. The molecule has 7 heteroatoms. The van der Waals surface area contributed by atoms with Gasteiger partial charge in [-0.1, -0.05) is 84.6 Å². The van der Waals surface area contributed by atoms with E-state index in [1.165, 1.54) is 0 Å². The van der Waals surface area contributed by atoms with Crippen molar-refractivity contribution in [1.29, 1.82) is 5.26 Å². The number of nitrogens with zero attached hydrogens (tertiary/aromatic N) is 3. The van der Waals surface area contributed by atoms with Crippen LogP contribution in [0, 0.1) is 11.3 Å². The Bertz CT molecular complexity index is 1160. The zero-order chi connectivity index (χ0) is 21.5. The molecule has 6 nitrogen and oxygen atoms in total. The number of para-hydroxylation sites is 1. The van der Waals surface area contributed by atoms with Gasteiger partial charge < -0.3 is 9.73 Å². The van der Waals surface area contributed by atoms with Crippen LogP contribution in [0.25, 0.3) is 0 Å². The van der Waals surface area contributed by atoms with Gasteiger partial charge >= 0.3 is 0 Å². The van der Waals surface area contributed by atoms with Crippen LogP contribution in [0.15, 0.2) is 94.6 Å². The summed E-state index contributed by atoms with van der Waals surface area (Å²) < 4.78 is 5.91. The third kappa shape index (κ3) is 5.00. The average molecular weight is 427 g/mol. The van der Waals surface area contributed by atoms with E-state index in [1.807, 2.05) is 60.7 Å². The lowest BCUT2D eigenvalue weighted by atomic mass is 9.91. The Morgan fingerprint density at radius 1 is 0.935 bits per heavy atom. The number of anilines is 1. The highest BCUT2D eigenvalue weighted by Gasteiger charge is 2.23. The predicted molar refractivity (Wildman–Crippen MR) is 119 cm³/mol. The molecule has 1 aromatic heterocycles. The number of hydrogen-bond acceptors (Lipinski definition) is 6. The molecule has 31 heavy (non-hydrogen) atoms. The van der Waals surface area contributed by atoms with Crippen molar-refractivity contribution in [1.82, 2.24) is 10.2 Å². The summed E-state index contributed by atoms with van der Waals surface area (Å²) in [5, 5.41) is 20.6. The second-order valence-corrected chi connectivity index (χ2v) is 7.58. The summed E-state index contributed by atoms with van der Waals surface area (Å²) in [7, 11) is 0. The number of nitrogens with one attached hydrogen (secondary N) is 1. The number of amides is 1.